The molecule has 2 nitrogen and oxygen atoms in total. The highest BCUT2D eigenvalue weighted by Gasteiger charge is 2.10. The van der Waals surface area contributed by atoms with Gasteiger partial charge in [-0.15, -0.1) is 0 Å². The number of hydrogen-bond acceptors (Lipinski definition) is 2. The molecule has 0 aliphatic rings. The predicted molar refractivity (Wildman–Crippen MR) is 73.0 cm³/mol. The lowest BCUT2D eigenvalue weighted by atomic mass is 9.97. The van der Waals surface area contributed by atoms with Crippen LogP contribution < -0.4 is 0 Å². The Kier molecular flexibility index (Phi) is 11.6. The number of rotatable bonds is 11. The summed E-state index contributed by atoms with van der Waals surface area (Å²) in [6.45, 7) is 7.16. The maximum atomic E-state index is 11.4. The number of carbonyl (C=O) groups is 1. The van der Waals surface area contributed by atoms with E-state index in [1.165, 1.54) is 38.5 Å². The predicted octanol–water partition coefficient (Wildman–Crippen LogP) is 4.72. The van der Waals surface area contributed by atoms with Crippen molar-refractivity contribution in [2.45, 2.75) is 78.6 Å². The Bertz CT molecular complexity index is 178. The fourth-order valence-electron chi connectivity index (χ4n) is 2.01. The molecule has 0 bridgehead atoms. The lowest BCUT2D eigenvalue weighted by molar-refractivity contribution is -0.145. The first-order valence-electron chi connectivity index (χ1n) is 7.40. The monoisotopic (exact) mass is 242 g/mol. The van der Waals surface area contributed by atoms with E-state index in [2.05, 4.69) is 20.8 Å². The van der Waals surface area contributed by atoms with Gasteiger partial charge in [0.2, 0.25) is 0 Å². The summed E-state index contributed by atoms with van der Waals surface area (Å²) in [7, 11) is 0. The van der Waals surface area contributed by atoms with Crippen LogP contribution in [-0.4, -0.2) is 12.6 Å². The van der Waals surface area contributed by atoms with Crippen LogP contribution in [-0.2, 0) is 9.53 Å². The fraction of sp³-hybridized carbons (Fsp3) is 0.933. The van der Waals surface area contributed by atoms with Gasteiger partial charge in [0.15, 0.2) is 0 Å². The molecule has 0 fully saturated rings. The molecule has 0 aliphatic carbocycles. The number of ether oxygens (including phenoxy) is 1. The Morgan fingerprint density at radius 3 is 2.24 bits per heavy atom. The molecule has 0 saturated heterocycles. The topological polar surface area (TPSA) is 26.3 Å². The van der Waals surface area contributed by atoms with Crippen molar-refractivity contribution in [3.63, 3.8) is 0 Å². The minimum atomic E-state index is -0.0107. The van der Waals surface area contributed by atoms with Crippen molar-refractivity contribution in [3.05, 3.63) is 0 Å². The molecule has 0 spiro atoms. The summed E-state index contributed by atoms with van der Waals surface area (Å²) in [4.78, 5) is 11.4. The third-order valence-electron chi connectivity index (χ3n) is 3.13. The van der Waals surface area contributed by atoms with Gasteiger partial charge in [-0.3, -0.25) is 4.79 Å². The Morgan fingerprint density at radius 1 is 0.941 bits per heavy atom. The zero-order valence-corrected chi connectivity index (χ0v) is 12.0. The fourth-order valence-corrected chi connectivity index (χ4v) is 2.01. The van der Waals surface area contributed by atoms with E-state index in [0.717, 1.165) is 12.8 Å². The molecule has 0 heterocycles. The van der Waals surface area contributed by atoms with E-state index in [9.17, 15) is 4.79 Å². The molecule has 0 aromatic carbocycles. The maximum absolute atomic E-state index is 11.4. The average Bonchev–Trinajstić information content (AvgIpc) is 2.33. The van der Waals surface area contributed by atoms with Crippen molar-refractivity contribution in [1.29, 1.82) is 0 Å². The second kappa shape index (κ2) is 11.9. The number of carbonyl (C=O) groups excluding carboxylic acids is 1. The average molecular weight is 242 g/mol. The molecule has 0 radical (unpaired) electrons. The molecule has 0 saturated carbocycles. The molecule has 17 heavy (non-hydrogen) atoms. The van der Waals surface area contributed by atoms with Gasteiger partial charge in [0.05, 0.1) is 6.61 Å². The van der Waals surface area contributed by atoms with Crippen LogP contribution in [0.3, 0.4) is 0 Å². The smallest absolute Gasteiger partial charge is 0.305 e. The highest BCUT2D eigenvalue weighted by Crippen LogP contribution is 2.16. The summed E-state index contributed by atoms with van der Waals surface area (Å²) in [5, 5.41) is 0. The van der Waals surface area contributed by atoms with Crippen LogP contribution in [0.4, 0.5) is 0 Å². The van der Waals surface area contributed by atoms with Gasteiger partial charge in [-0.05, 0) is 25.2 Å². The van der Waals surface area contributed by atoms with Gasteiger partial charge < -0.3 is 4.74 Å². The van der Waals surface area contributed by atoms with Crippen LogP contribution in [0, 0.1) is 5.92 Å². The van der Waals surface area contributed by atoms with Gasteiger partial charge in [0, 0.05) is 6.42 Å². The van der Waals surface area contributed by atoms with E-state index >= 15 is 0 Å². The zero-order valence-electron chi connectivity index (χ0n) is 12.0. The summed E-state index contributed by atoms with van der Waals surface area (Å²) in [6.07, 6.45) is 10.0. The van der Waals surface area contributed by atoms with E-state index in [0.29, 0.717) is 18.9 Å². The van der Waals surface area contributed by atoms with Gasteiger partial charge >= 0.3 is 5.97 Å². The first-order valence-corrected chi connectivity index (χ1v) is 7.40. The Labute approximate surface area is 107 Å². The molecule has 0 aliphatic heterocycles. The van der Waals surface area contributed by atoms with Crippen molar-refractivity contribution in [1.82, 2.24) is 0 Å². The summed E-state index contributed by atoms with van der Waals surface area (Å²) in [5.74, 6) is 0.570. The lowest BCUT2D eigenvalue weighted by Gasteiger charge is -2.16. The van der Waals surface area contributed by atoms with E-state index in [1.807, 2.05) is 0 Å². The quantitative estimate of drug-likeness (QED) is 0.387. The Morgan fingerprint density at radius 2 is 1.65 bits per heavy atom. The van der Waals surface area contributed by atoms with Gasteiger partial charge in [0.1, 0.15) is 0 Å². The first-order chi connectivity index (χ1) is 8.24. The van der Waals surface area contributed by atoms with E-state index in [4.69, 9.17) is 4.74 Å². The van der Waals surface area contributed by atoms with Crippen LogP contribution in [0.5, 0.6) is 0 Å². The van der Waals surface area contributed by atoms with Crippen LogP contribution in [0.1, 0.15) is 78.6 Å². The highest BCUT2D eigenvalue weighted by atomic mass is 16.5. The highest BCUT2D eigenvalue weighted by molar-refractivity contribution is 5.69. The first kappa shape index (κ1) is 16.5. The molecule has 102 valence electrons. The van der Waals surface area contributed by atoms with Gasteiger partial charge in [-0.25, -0.2) is 0 Å². The Balaban J connectivity index is 3.70. The van der Waals surface area contributed by atoms with Crippen molar-refractivity contribution < 1.29 is 9.53 Å². The van der Waals surface area contributed by atoms with Crippen LogP contribution in [0.15, 0.2) is 0 Å². The van der Waals surface area contributed by atoms with E-state index < -0.39 is 0 Å². The van der Waals surface area contributed by atoms with Crippen LogP contribution >= 0.6 is 0 Å². The molecule has 0 rings (SSSR count). The van der Waals surface area contributed by atoms with Crippen molar-refractivity contribution >= 4 is 5.97 Å². The number of unbranched alkanes of at least 4 members (excludes halogenated alkanes) is 3. The standard InChI is InChI=1S/C15H30O2/c1-4-7-9-11-14(10-6-3)13-17-15(16)12-8-5-2/h14H,4-13H2,1-3H3. The number of esters is 1. The lowest BCUT2D eigenvalue weighted by Crippen LogP contribution is -2.14. The van der Waals surface area contributed by atoms with E-state index in [1.54, 1.807) is 0 Å². The molecule has 1 atom stereocenters. The molecule has 0 aromatic heterocycles. The third-order valence-corrected chi connectivity index (χ3v) is 3.13. The molecular weight excluding hydrogens is 212 g/mol. The third kappa shape index (κ3) is 10.3. The summed E-state index contributed by atoms with van der Waals surface area (Å²) >= 11 is 0. The molecule has 2 heteroatoms. The number of hydrogen-bond donors (Lipinski definition) is 0. The van der Waals surface area contributed by atoms with Crippen molar-refractivity contribution in [3.8, 4) is 0 Å². The van der Waals surface area contributed by atoms with Crippen molar-refractivity contribution in [2.75, 3.05) is 6.61 Å². The molecular formula is C15H30O2. The molecule has 0 amide bonds. The maximum Gasteiger partial charge on any atom is 0.305 e. The van der Waals surface area contributed by atoms with E-state index in [-0.39, 0.29) is 5.97 Å². The minimum Gasteiger partial charge on any atom is -0.465 e. The summed E-state index contributed by atoms with van der Waals surface area (Å²) < 4.78 is 5.35. The van der Waals surface area contributed by atoms with Gasteiger partial charge in [-0.2, -0.15) is 0 Å². The Hall–Kier alpha value is -0.530. The second-order valence-corrected chi connectivity index (χ2v) is 4.94. The largest absolute Gasteiger partial charge is 0.465 e. The minimum absolute atomic E-state index is 0.0107. The SMILES string of the molecule is CCCCCC(CCC)COC(=O)CCCC. The molecule has 1 unspecified atom stereocenters. The summed E-state index contributed by atoms with van der Waals surface area (Å²) in [6, 6.07) is 0. The molecule has 0 N–H and O–H groups in total. The van der Waals surface area contributed by atoms with Crippen LogP contribution in [0.2, 0.25) is 0 Å². The van der Waals surface area contributed by atoms with Gasteiger partial charge in [-0.1, -0.05) is 52.9 Å². The molecule has 0 aromatic rings. The van der Waals surface area contributed by atoms with Crippen LogP contribution in [0.25, 0.3) is 0 Å². The second-order valence-electron chi connectivity index (χ2n) is 4.94. The van der Waals surface area contributed by atoms with Crippen molar-refractivity contribution in [2.24, 2.45) is 5.92 Å². The normalized spacial score (nSPS) is 12.4. The summed E-state index contributed by atoms with van der Waals surface area (Å²) in [5.41, 5.74) is 0. The van der Waals surface area contributed by atoms with Gasteiger partial charge in [0.25, 0.3) is 0 Å². The zero-order chi connectivity index (χ0) is 12.9.